The number of hydrogen-bond donors (Lipinski definition) is 2. The summed E-state index contributed by atoms with van der Waals surface area (Å²) in [5, 5.41) is 6.51. The molecule has 27 heavy (non-hydrogen) atoms. The molecule has 1 aromatic carbocycles. The van der Waals surface area contributed by atoms with Crippen LogP contribution in [-0.2, 0) is 9.53 Å². The number of aromatic nitrogens is 2. The molecule has 0 bridgehead atoms. The zero-order valence-electron chi connectivity index (χ0n) is 15.2. The standard InChI is InChI=1S/C19H22N4O4/c1-11(2)16(17(24)21-19(20)26)27-18(25)15-10-14(12-8-9-12)22-23(15)13-6-4-3-5-7-13/h3-7,10-12,16H,8-9H2,1-2H3,(H3,20,21,24,26)/t16-/m0/s1. The second-order valence-electron chi connectivity index (χ2n) is 6.90. The highest BCUT2D eigenvalue weighted by molar-refractivity contribution is 5.98. The summed E-state index contributed by atoms with van der Waals surface area (Å²) in [4.78, 5) is 35.9. The normalized spacial score (nSPS) is 14.6. The number of esters is 1. The van der Waals surface area contributed by atoms with Crippen LogP contribution in [0.2, 0.25) is 0 Å². The molecule has 1 saturated carbocycles. The number of amides is 3. The van der Waals surface area contributed by atoms with Gasteiger partial charge in [-0.3, -0.25) is 10.1 Å². The van der Waals surface area contributed by atoms with Crippen LogP contribution in [0.5, 0.6) is 0 Å². The quantitative estimate of drug-likeness (QED) is 0.756. The molecule has 0 radical (unpaired) electrons. The minimum absolute atomic E-state index is 0.237. The molecular weight excluding hydrogens is 348 g/mol. The van der Waals surface area contributed by atoms with Crippen LogP contribution in [0.15, 0.2) is 36.4 Å². The topological polar surface area (TPSA) is 116 Å². The Kier molecular flexibility index (Phi) is 5.25. The Bertz CT molecular complexity index is 856. The molecule has 142 valence electrons. The molecule has 0 unspecified atom stereocenters. The lowest BCUT2D eigenvalue weighted by Crippen LogP contribution is -2.45. The fraction of sp³-hybridized carbons (Fsp3) is 0.368. The van der Waals surface area contributed by atoms with Crippen molar-refractivity contribution in [2.75, 3.05) is 0 Å². The summed E-state index contributed by atoms with van der Waals surface area (Å²) in [7, 11) is 0. The second-order valence-corrected chi connectivity index (χ2v) is 6.90. The maximum absolute atomic E-state index is 12.8. The zero-order chi connectivity index (χ0) is 19.6. The molecule has 1 aromatic heterocycles. The molecule has 3 rings (SSSR count). The van der Waals surface area contributed by atoms with Gasteiger partial charge in [0, 0.05) is 5.92 Å². The summed E-state index contributed by atoms with van der Waals surface area (Å²) in [5.74, 6) is -1.43. The Morgan fingerprint density at radius 1 is 1.22 bits per heavy atom. The monoisotopic (exact) mass is 370 g/mol. The van der Waals surface area contributed by atoms with Crippen LogP contribution in [0, 0.1) is 5.92 Å². The predicted molar refractivity (Wildman–Crippen MR) is 97.3 cm³/mol. The number of imide groups is 1. The number of carbonyl (C=O) groups excluding carboxylic acids is 3. The number of benzene rings is 1. The van der Waals surface area contributed by atoms with Crippen molar-refractivity contribution in [1.29, 1.82) is 0 Å². The molecule has 0 spiro atoms. The highest BCUT2D eigenvalue weighted by atomic mass is 16.5. The second kappa shape index (κ2) is 7.61. The molecule has 1 atom stereocenters. The van der Waals surface area contributed by atoms with E-state index >= 15 is 0 Å². The number of urea groups is 1. The summed E-state index contributed by atoms with van der Waals surface area (Å²) in [5.41, 5.74) is 6.78. The number of para-hydroxylation sites is 1. The first-order valence-electron chi connectivity index (χ1n) is 8.83. The lowest BCUT2D eigenvalue weighted by molar-refractivity contribution is -0.130. The van der Waals surface area contributed by atoms with E-state index in [0.717, 1.165) is 24.2 Å². The van der Waals surface area contributed by atoms with E-state index in [4.69, 9.17) is 10.5 Å². The minimum atomic E-state index is -1.14. The number of carbonyl (C=O) groups is 3. The summed E-state index contributed by atoms with van der Waals surface area (Å²) in [6, 6.07) is 9.94. The van der Waals surface area contributed by atoms with Gasteiger partial charge in [0.2, 0.25) is 0 Å². The Labute approximate surface area is 156 Å². The van der Waals surface area contributed by atoms with Crippen molar-refractivity contribution in [3.63, 3.8) is 0 Å². The predicted octanol–water partition coefficient (Wildman–Crippen LogP) is 2.13. The van der Waals surface area contributed by atoms with E-state index in [-0.39, 0.29) is 11.6 Å². The van der Waals surface area contributed by atoms with Gasteiger partial charge in [0.05, 0.1) is 11.4 Å². The number of rotatable bonds is 6. The number of primary amides is 1. The first-order chi connectivity index (χ1) is 12.9. The average molecular weight is 370 g/mol. The van der Waals surface area contributed by atoms with Gasteiger partial charge in [-0.1, -0.05) is 32.0 Å². The van der Waals surface area contributed by atoms with E-state index in [0.29, 0.717) is 5.92 Å². The van der Waals surface area contributed by atoms with E-state index in [1.54, 1.807) is 19.9 Å². The SMILES string of the molecule is CC(C)[C@H](OC(=O)c1cc(C2CC2)nn1-c1ccccc1)C(=O)NC(N)=O. The first kappa shape index (κ1) is 18.6. The van der Waals surface area contributed by atoms with Gasteiger partial charge >= 0.3 is 12.0 Å². The average Bonchev–Trinajstić information content (AvgIpc) is 3.37. The number of nitrogens with zero attached hydrogens (tertiary/aromatic N) is 2. The highest BCUT2D eigenvalue weighted by Gasteiger charge is 2.32. The molecule has 0 saturated heterocycles. The van der Waals surface area contributed by atoms with Crippen molar-refractivity contribution < 1.29 is 19.1 Å². The molecule has 1 aliphatic carbocycles. The first-order valence-corrected chi connectivity index (χ1v) is 8.83. The third-order valence-electron chi connectivity index (χ3n) is 4.28. The van der Waals surface area contributed by atoms with Crippen LogP contribution in [0.25, 0.3) is 5.69 Å². The van der Waals surface area contributed by atoms with Gasteiger partial charge in [0.15, 0.2) is 11.8 Å². The van der Waals surface area contributed by atoms with E-state index in [9.17, 15) is 14.4 Å². The third-order valence-corrected chi connectivity index (χ3v) is 4.28. The maximum Gasteiger partial charge on any atom is 0.357 e. The maximum atomic E-state index is 12.8. The van der Waals surface area contributed by atoms with Gasteiger partial charge in [0.1, 0.15) is 0 Å². The van der Waals surface area contributed by atoms with E-state index in [2.05, 4.69) is 5.10 Å². The largest absolute Gasteiger partial charge is 0.447 e. The Morgan fingerprint density at radius 2 is 1.89 bits per heavy atom. The van der Waals surface area contributed by atoms with E-state index in [1.807, 2.05) is 35.6 Å². The molecule has 8 heteroatoms. The summed E-state index contributed by atoms with van der Waals surface area (Å²) >= 11 is 0. The van der Waals surface area contributed by atoms with E-state index in [1.165, 1.54) is 4.68 Å². The minimum Gasteiger partial charge on any atom is -0.447 e. The van der Waals surface area contributed by atoms with Gasteiger partial charge in [-0.2, -0.15) is 5.10 Å². The van der Waals surface area contributed by atoms with Crippen molar-refractivity contribution in [2.45, 2.75) is 38.7 Å². The van der Waals surface area contributed by atoms with Gasteiger partial charge < -0.3 is 10.5 Å². The van der Waals surface area contributed by atoms with E-state index < -0.39 is 24.0 Å². The molecular formula is C19H22N4O4. The molecule has 1 heterocycles. The molecule has 3 amide bonds. The lowest BCUT2D eigenvalue weighted by atomic mass is 10.1. The fourth-order valence-corrected chi connectivity index (χ4v) is 2.75. The van der Waals surface area contributed by atoms with Crippen LogP contribution in [0.1, 0.15) is 48.8 Å². The highest BCUT2D eigenvalue weighted by Crippen LogP contribution is 2.39. The van der Waals surface area contributed by atoms with Crippen molar-refractivity contribution in [3.8, 4) is 5.69 Å². The number of nitrogens with two attached hydrogens (primary N) is 1. The van der Waals surface area contributed by atoms with Crippen molar-refractivity contribution in [3.05, 3.63) is 47.8 Å². The van der Waals surface area contributed by atoms with Crippen LogP contribution < -0.4 is 11.1 Å². The summed E-state index contributed by atoms with van der Waals surface area (Å²) < 4.78 is 6.94. The molecule has 8 nitrogen and oxygen atoms in total. The van der Waals surface area contributed by atoms with Gasteiger partial charge in [-0.25, -0.2) is 14.3 Å². The summed E-state index contributed by atoms with van der Waals surface area (Å²) in [6.07, 6.45) is 0.930. The molecule has 2 aromatic rings. The smallest absolute Gasteiger partial charge is 0.357 e. The van der Waals surface area contributed by atoms with Gasteiger partial charge in [-0.05, 0) is 37.0 Å². The molecule has 0 aliphatic heterocycles. The Hall–Kier alpha value is -3.16. The van der Waals surface area contributed by atoms with Crippen LogP contribution in [0.3, 0.4) is 0 Å². The number of nitrogens with one attached hydrogen (secondary N) is 1. The van der Waals surface area contributed by atoms with Crippen molar-refractivity contribution >= 4 is 17.9 Å². The van der Waals surface area contributed by atoms with Gasteiger partial charge in [0.25, 0.3) is 5.91 Å². The third kappa shape index (κ3) is 4.33. The van der Waals surface area contributed by atoms with Crippen LogP contribution in [0.4, 0.5) is 4.79 Å². The Morgan fingerprint density at radius 3 is 2.44 bits per heavy atom. The van der Waals surface area contributed by atoms with Crippen molar-refractivity contribution in [2.24, 2.45) is 11.7 Å². The zero-order valence-corrected chi connectivity index (χ0v) is 15.2. The number of ether oxygens (including phenoxy) is 1. The van der Waals surface area contributed by atoms with Crippen molar-refractivity contribution in [1.82, 2.24) is 15.1 Å². The van der Waals surface area contributed by atoms with Crippen LogP contribution >= 0.6 is 0 Å². The Balaban J connectivity index is 1.89. The molecule has 1 fully saturated rings. The fourth-order valence-electron chi connectivity index (χ4n) is 2.75. The number of hydrogen-bond acceptors (Lipinski definition) is 5. The lowest BCUT2D eigenvalue weighted by Gasteiger charge is -2.20. The molecule has 1 aliphatic rings. The van der Waals surface area contributed by atoms with Gasteiger partial charge in [-0.15, -0.1) is 0 Å². The summed E-state index contributed by atoms with van der Waals surface area (Å²) in [6.45, 7) is 3.42. The van der Waals surface area contributed by atoms with Crippen LogP contribution in [-0.4, -0.2) is 33.8 Å². The molecule has 3 N–H and O–H groups in total.